The van der Waals surface area contributed by atoms with Gasteiger partial charge in [-0.25, -0.2) is 4.39 Å². The first-order valence-corrected chi connectivity index (χ1v) is 5.80. The molecule has 0 unspecified atom stereocenters. The van der Waals surface area contributed by atoms with Crippen LogP contribution in [-0.4, -0.2) is 24.6 Å². The largest absolute Gasteiger partial charge is 0.399 e. The van der Waals surface area contributed by atoms with Crippen molar-refractivity contribution in [2.75, 3.05) is 35.2 Å². The first kappa shape index (κ1) is 12.5. The zero-order chi connectivity index (χ0) is 9.97. The van der Waals surface area contributed by atoms with Crippen molar-refractivity contribution in [3.63, 3.8) is 0 Å². The quantitative estimate of drug-likeness (QED) is 0.774. The molecule has 1 heterocycles. The van der Waals surface area contributed by atoms with Crippen LogP contribution in [0.5, 0.6) is 0 Å². The highest BCUT2D eigenvalue weighted by atomic mass is 35.5. The highest BCUT2D eigenvalue weighted by Gasteiger charge is 2.14. The molecule has 2 nitrogen and oxygen atoms in total. The van der Waals surface area contributed by atoms with Crippen LogP contribution in [0, 0.1) is 5.82 Å². The monoisotopic (exact) mass is 248 g/mol. The van der Waals surface area contributed by atoms with Crippen LogP contribution < -0.4 is 10.6 Å². The maximum absolute atomic E-state index is 13.5. The van der Waals surface area contributed by atoms with Gasteiger partial charge in [0, 0.05) is 30.3 Å². The lowest BCUT2D eigenvalue weighted by Crippen LogP contribution is -2.33. The third kappa shape index (κ3) is 2.92. The van der Waals surface area contributed by atoms with Crippen LogP contribution in [0.4, 0.5) is 15.8 Å². The number of hydrogen-bond acceptors (Lipinski definition) is 3. The molecular formula is C10H14ClFN2S. The number of thioether (sulfide) groups is 1. The Hall–Kier alpha value is -0.610. The van der Waals surface area contributed by atoms with Crippen molar-refractivity contribution in [2.24, 2.45) is 0 Å². The molecule has 1 saturated heterocycles. The Morgan fingerprint density at radius 1 is 1.27 bits per heavy atom. The minimum atomic E-state index is -0.211. The van der Waals surface area contributed by atoms with Gasteiger partial charge in [0.05, 0.1) is 5.69 Å². The predicted octanol–water partition coefficient (Wildman–Crippen LogP) is 2.38. The molecule has 84 valence electrons. The molecule has 0 saturated carbocycles. The summed E-state index contributed by atoms with van der Waals surface area (Å²) in [7, 11) is 0. The van der Waals surface area contributed by atoms with Gasteiger partial charge in [-0.1, -0.05) is 0 Å². The second kappa shape index (κ2) is 5.47. The van der Waals surface area contributed by atoms with E-state index < -0.39 is 0 Å². The Labute approximate surface area is 99.4 Å². The third-order valence-corrected chi connectivity index (χ3v) is 3.27. The van der Waals surface area contributed by atoms with Crippen LogP contribution in [0.2, 0.25) is 0 Å². The Morgan fingerprint density at radius 2 is 1.93 bits per heavy atom. The van der Waals surface area contributed by atoms with Crippen molar-refractivity contribution < 1.29 is 4.39 Å². The number of anilines is 2. The van der Waals surface area contributed by atoms with Gasteiger partial charge in [-0.3, -0.25) is 0 Å². The summed E-state index contributed by atoms with van der Waals surface area (Å²) in [5.74, 6) is 1.94. The summed E-state index contributed by atoms with van der Waals surface area (Å²) >= 11 is 1.91. The van der Waals surface area contributed by atoms with Gasteiger partial charge in [-0.05, 0) is 18.2 Å². The summed E-state index contributed by atoms with van der Waals surface area (Å²) in [6.07, 6.45) is 0. The highest BCUT2D eigenvalue weighted by molar-refractivity contribution is 7.99. The molecule has 0 aromatic heterocycles. The molecule has 5 heteroatoms. The molecule has 1 aromatic carbocycles. The van der Waals surface area contributed by atoms with Gasteiger partial charge in [0.25, 0.3) is 0 Å². The molecule has 0 amide bonds. The topological polar surface area (TPSA) is 29.3 Å². The van der Waals surface area contributed by atoms with Gasteiger partial charge in [0.1, 0.15) is 5.82 Å². The Morgan fingerprint density at radius 3 is 2.53 bits per heavy atom. The molecule has 15 heavy (non-hydrogen) atoms. The molecule has 2 rings (SSSR count). The number of hydrogen-bond donors (Lipinski definition) is 1. The van der Waals surface area contributed by atoms with Gasteiger partial charge in [-0.15, -0.1) is 12.4 Å². The molecule has 0 atom stereocenters. The predicted molar refractivity (Wildman–Crippen MR) is 67.6 cm³/mol. The fraction of sp³-hybridized carbons (Fsp3) is 0.400. The maximum atomic E-state index is 13.5. The Balaban J connectivity index is 0.00000112. The SMILES string of the molecule is Cl.Nc1ccc(N2CCSCC2)c(F)c1. The van der Waals surface area contributed by atoms with E-state index >= 15 is 0 Å². The minimum Gasteiger partial charge on any atom is -0.399 e. The number of rotatable bonds is 1. The van der Waals surface area contributed by atoms with Gasteiger partial charge >= 0.3 is 0 Å². The molecule has 1 aliphatic rings. The van der Waals surface area contributed by atoms with Crippen molar-refractivity contribution in [1.82, 2.24) is 0 Å². The number of nitrogens with two attached hydrogens (primary N) is 1. The summed E-state index contributed by atoms with van der Waals surface area (Å²) in [4.78, 5) is 2.07. The van der Waals surface area contributed by atoms with Crippen LogP contribution in [0.3, 0.4) is 0 Å². The first-order chi connectivity index (χ1) is 6.77. The molecule has 0 bridgehead atoms. The van der Waals surface area contributed by atoms with Gasteiger partial charge in [-0.2, -0.15) is 11.8 Å². The van der Waals surface area contributed by atoms with Crippen molar-refractivity contribution in [2.45, 2.75) is 0 Å². The van der Waals surface area contributed by atoms with Gasteiger partial charge in [0.15, 0.2) is 0 Å². The molecule has 1 fully saturated rings. The summed E-state index contributed by atoms with van der Waals surface area (Å²) in [6.45, 7) is 1.84. The van der Waals surface area contributed by atoms with Gasteiger partial charge < -0.3 is 10.6 Å². The Bertz CT molecular complexity index is 329. The van der Waals surface area contributed by atoms with E-state index in [1.807, 2.05) is 11.8 Å². The average Bonchev–Trinajstić information content (AvgIpc) is 2.19. The molecule has 1 aliphatic heterocycles. The summed E-state index contributed by atoms with van der Waals surface area (Å²) in [6, 6.07) is 4.90. The standard InChI is InChI=1S/C10H13FN2S.ClH/c11-9-7-8(12)1-2-10(9)13-3-5-14-6-4-13;/h1-2,7H,3-6,12H2;1H. The summed E-state index contributed by atoms with van der Waals surface area (Å²) < 4.78 is 13.5. The zero-order valence-electron chi connectivity index (χ0n) is 8.28. The molecular weight excluding hydrogens is 235 g/mol. The van der Waals surface area contributed by atoms with E-state index in [0.717, 1.165) is 24.6 Å². The van der Waals surface area contributed by atoms with Crippen LogP contribution in [0.1, 0.15) is 0 Å². The van der Waals surface area contributed by atoms with Crippen molar-refractivity contribution >= 4 is 35.5 Å². The van der Waals surface area contributed by atoms with E-state index in [1.54, 1.807) is 12.1 Å². The third-order valence-electron chi connectivity index (χ3n) is 2.32. The van der Waals surface area contributed by atoms with E-state index in [1.165, 1.54) is 6.07 Å². The van der Waals surface area contributed by atoms with Crippen molar-refractivity contribution in [3.8, 4) is 0 Å². The highest BCUT2D eigenvalue weighted by Crippen LogP contribution is 2.24. The molecule has 1 aromatic rings. The van der Waals surface area contributed by atoms with E-state index in [-0.39, 0.29) is 18.2 Å². The number of nitrogens with zero attached hydrogens (tertiary/aromatic N) is 1. The van der Waals surface area contributed by atoms with Gasteiger partial charge in [0.2, 0.25) is 0 Å². The molecule has 0 radical (unpaired) electrons. The van der Waals surface area contributed by atoms with Crippen LogP contribution in [0.25, 0.3) is 0 Å². The van der Waals surface area contributed by atoms with Crippen LogP contribution >= 0.6 is 24.2 Å². The lowest BCUT2D eigenvalue weighted by Gasteiger charge is -2.28. The number of nitrogen functional groups attached to an aromatic ring is 1. The van der Waals surface area contributed by atoms with E-state index in [4.69, 9.17) is 5.73 Å². The molecule has 0 spiro atoms. The minimum absolute atomic E-state index is 0. The molecule has 0 aliphatic carbocycles. The smallest absolute Gasteiger partial charge is 0.148 e. The normalized spacial score (nSPS) is 15.9. The van der Waals surface area contributed by atoms with Crippen molar-refractivity contribution in [1.29, 1.82) is 0 Å². The maximum Gasteiger partial charge on any atom is 0.148 e. The van der Waals surface area contributed by atoms with Crippen LogP contribution in [-0.2, 0) is 0 Å². The first-order valence-electron chi connectivity index (χ1n) is 4.65. The lowest BCUT2D eigenvalue weighted by molar-refractivity contribution is 0.620. The fourth-order valence-corrected chi connectivity index (χ4v) is 2.49. The lowest BCUT2D eigenvalue weighted by atomic mass is 10.2. The van der Waals surface area contributed by atoms with Crippen molar-refractivity contribution in [3.05, 3.63) is 24.0 Å². The second-order valence-electron chi connectivity index (χ2n) is 3.31. The number of halogens is 2. The number of benzene rings is 1. The van der Waals surface area contributed by atoms with E-state index in [2.05, 4.69) is 4.90 Å². The average molecular weight is 249 g/mol. The van der Waals surface area contributed by atoms with E-state index in [0.29, 0.717) is 11.4 Å². The van der Waals surface area contributed by atoms with Crippen LogP contribution in [0.15, 0.2) is 18.2 Å². The van der Waals surface area contributed by atoms with E-state index in [9.17, 15) is 4.39 Å². The summed E-state index contributed by atoms with van der Waals surface area (Å²) in [5.41, 5.74) is 6.66. The Kier molecular flexibility index (Phi) is 4.54. The fourth-order valence-electron chi connectivity index (χ4n) is 1.58. The second-order valence-corrected chi connectivity index (χ2v) is 4.54. The zero-order valence-corrected chi connectivity index (χ0v) is 9.91. The summed E-state index contributed by atoms with van der Waals surface area (Å²) in [5, 5.41) is 0. The molecule has 2 N–H and O–H groups in total.